The Kier molecular flexibility index (Phi) is 5.45. The van der Waals surface area contributed by atoms with E-state index in [9.17, 15) is 13.2 Å². The van der Waals surface area contributed by atoms with E-state index in [-0.39, 0.29) is 6.04 Å². The maximum atomic E-state index is 12.7. The van der Waals surface area contributed by atoms with Crippen molar-refractivity contribution in [3.8, 4) is 0 Å². The number of rotatable bonds is 4. The van der Waals surface area contributed by atoms with Crippen molar-refractivity contribution in [1.82, 2.24) is 10.3 Å². The Balaban J connectivity index is 2.44. The predicted molar refractivity (Wildman–Crippen MR) is 84.5 cm³/mol. The molecule has 1 heterocycles. The van der Waals surface area contributed by atoms with Gasteiger partial charge < -0.3 is 5.32 Å². The minimum atomic E-state index is -4.41. The van der Waals surface area contributed by atoms with E-state index < -0.39 is 11.2 Å². The zero-order chi connectivity index (χ0) is 15.6. The third-order valence-electron chi connectivity index (χ3n) is 2.73. The highest BCUT2D eigenvalue weighted by Crippen LogP contribution is 2.38. The van der Waals surface area contributed by atoms with Crippen molar-refractivity contribution in [3.05, 3.63) is 48.8 Å². The normalized spacial score (nSPS) is 13.4. The standard InChI is InChI=1S/C13H11Br2F3N2S/c1-2-19-11(8-5-7(14)3-4-9(8)15)10-6-20-12(21-10)13(16,17)18/h3-6,11,19H,2H2,1H3. The van der Waals surface area contributed by atoms with Crippen molar-refractivity contribution in [2.75, 3.05) is 6.54 Å². The minimum Gasteiger partial charge on any atom is -0.306 e. The van der Waals surface area contributed by atoms with Gasteiger partial charge in [-0.3, -0.25) is 0 Å². The number of nitrogens with one attached hydrogen (secondary N) is 1. The van der Waals surface area contributed by atoms with E-state index in [1.807, 2.05) is 25.1 Å². The lowest BCUT2D eigenvalue weighted by molar-refractivity contribution is -0.137. The molecule has 2 nitrogen and oxygen atoms in total. The molecule has 0 radical (unpaired) electrons. The Morgan fingerprint density at radius 1 is 1.33 bits per heavy atom. The average molecular weight is 444 g/mol. The van der Waals surface area contributed by atoms with Gasteiger partial charge in [-0.25, -0.2) is 4.98 Å². The van der Waals surface area contributed by atoms with E-state index >= 15 is 0 Å². The van der Waals surface area contributed by atoms with E-state index in [0.717, 1.165) is 14.5 Å². The Morgan fingerprint density at radius 2 is 2.05 bits per heavy atom. The van der Waals surface area contributed by atoms with E-state index in [4.69, 9.17) is 0 Å². The minimum absolute atomic E-state index is 0.338. The molecule has 1 aromatic heterocycles. The van der Waals surface area contributed by atoms with E-state index in [1.165, 1.54) is 6.20 Å². The first-order valence-corrected chi connectivity index (χ1v) is 8.44. The number of halogens is 5. The van der Waals surface area contributed by atoms with E-state index in [0.29, 0.717) is 22.8 Å². The number of nitrogens with zero attached hydrogens (tertiary/aromatic N) is 1. The summed E-state index contributed by atoms with van der Waals surface area (Å²) in [5.74, 6) is 0. The van der Waals surface area contributed by atoms with Gasteiger partial charge in [-0.1, -0.05) is 38.8 Å². The van der Waals surface area contributed by atoms with Gasteiger partial charge in [-0.2, -0.15) is 13.2 Å². The number of hydrogen-bond donors (Lipinski definition) is 1. The molecule has 0 fully saturated rings. The van der Waals surface area contributed by atoms with E-state index in [1.54, 1.807) is 0 Å². The Hall–Kier alpha value is -0.440. The highest BCUT2D eigenvalue weighted by atomic mass is 79.9. The number of hydrogen-bond acceptors (Lipinski definition) is 3. The summed E-state index contributed by atoms with van der Waals surface area (Å²) in [5.41, 5.74) is 0.864. The van der Waals surface area contributed by atoms with Gasteiger partial charge in [0, 0.05) is 20.0 Å². The van der Waals surface area contributed by atoms with Crippen LogP contribution in [0.2, 0.25) is 0 Å². The molecule has 0 aliphatic heterocycles. The molecule has 0 bridgehead atoms. The van der Waals surface area contributed by atoms with Crippen LogP contribution in [-0.2, 0) is 6.18 Å². The first kappa shape index (κ1) is 16.9. The van der Waals surface area contributed by atoms with Crippen LogP contribution in [0, 0.1) is 0 Å². The summed E-state index contributed by atoms with van der Waals surface area (Å²) in [5, 5.41) is 2.37. The molecule has 8 heteroatoms. The topological polar surface area (TPSA) is 24.9 Å². The highest BCUT2D eigenvalue weighted by molar-refractivity contribution is 9.11. The van der Waals surface area contributed by atoms with Crippen molar-refractivity contribution in [3.63, 3.8) is 0 Å². The molecular weight excluding hydrogens is 433 g/mol. The summed E-state index contributed by atoms with van der Waals surface area (Å²) in [7, 11) is 0. The third-order valence-corrected chi connectivity index (χ3v) is 5.05. The smallest absolute Gasteiger partial charge is 0.306 e. The largest absolute Gasteiger partial charge is 0.443 e. The highest BCUT2D eigenvalue weighted by Gasteiger charge is 2.35. The van der Waals surface area contributed by atoms with Gasteiger partial charge in [0.1, 0.15) is 0 Å². The second-order valence-electron chi connectivity index (χ2n) is 4.22. The van der Waals surface area contributed by atoms with Crippen LogP contribution in [-0.4, -0.2) is 11.5 Å². The van der Waals surface area contributed by atoms with Crippen LogP contribution in [0.15, 0.2) is 33.3 Å². The molecule has 0 saturated heterocycles. The monoisotopic (exact) mass is 442 g/mol. The number of benzene rings is 1. The van der Waals surface area contributed by atoms with Crippen LogP contribution in [0.3, 0.4) is 0 Å². The number of aromatic nitrogens is 1. The number of thiazole rings is 1. The lowest BCUT2D eigenvalue weighted by atomic mass is 10.1. The zero-order valence-corrected chi connectivity index (χ0v) is 14.8. The second kappa shape index (κ2) is 6.76. The van der Waals surface area contributed by atoms with Crippen molar-refractivity contribution in [2.24, 2.45) is 0 Å². The quantitative estimate of drug-likeness (QED) is 0.685. The molecular formula is C13H11Br2F3N2S. The molecule has 2 aromatic rings. The van der Waals surface area contributed by atoms with Gasteiger partial charge >= 0.3 is 6.18 Å². The summed E-state index contributed by atoms with van der Waals surface area (Å²) >= 11 is 7.49. The van der Waals surface area contributed by atoms with Crippen LogP contribution in [0.25, 0.3) is 0 Å². The molecule has 0 amide bonds. The van der Waals surface area contributed by atoms with Gasteiger partial charge in [0.05, 0.1) is 6.04 Å². The van der Waals surface area contributed by atoms with Gasteiger partial charge in [0.25, 0.3) is 0 Å². The summed E-state index contributed by atoms with van der Waals surface area (Å²) in [6.07, 6.45) is -3.12. The number of alkyl halides is 3. The fourth-order valence-electron chi connectivity index (χ4n) is 1.85. The summed E-state index contributed by atoms with van der Waals surface area (Å²) in [6, 6.07) is 5.26. The average Bonchev–Trinajstić information content (AvgIpc) is 2.88. The van der Waals surface area contributed by atoms with Crippen LogP contribution >= 0.6 is 43.2 Å². The first-order chi connectivity index (χ1) is 9.82. The SMILES string of the molecule is CCNC(c1cnc(C(F)(F)F)s1)c1cc(Br)ccc1Br. The fraction of sp³-hybridized carbons (Fsp3) is 0.308. The van der Waals surface area contributed by atoms with Gasteiger partial charge in [0.2, 0.25) is 0 Å². The zero-order valence-electron chi connectivity index (χ0n) is 10.8. The summed E-state index contributed by atoms with van der Waals surface area (Å²) < 4.78 is 39.8. The van der Waals surface area contributed by atoms with Crippen LogP contribution in [0.5, 0.6) is 0 Å². The maximum Gasteiger partial charge on any atom is 0.443 e. The molecule has 1 aromatic carbocycles. The summed E-state index contributed by atoms with van der Waals surface area (Å²) in [4.78, 5) is 4.03. The van der Waals surface area contributed by atoms with Gasteiger partial charge in [-0.05, 0) is 30.3 Å². The van der Waals surface area contributed by atoms with Crippen molar-refractivity contribution >= 4 is 43.2 Å². The summed E-state index contributed by atoms with van der Waals surface area (Å²) in [6.45, 7) is 2.54. The molecule has 114 valence electrons. The molecule has 2 rings (SSSR count). The molecule has 0 spiro atoms. The molecule has 0 aliphatic carbocycles. The Labute approximate surface area is 141 Å². The molecule has 1 atom stereocenters. The third kappa shape index (κ3) is 4.06. The lowest BCUT2D eigenvalue weighted by Crippen LogP contribution is -2.21. The molecule has 0 aliphatic rings. The molecule has 21 heavy (non-hydrogen) atoms. The Morgan fingerprint density at radius 3 is 2.62 bits per heavy atom. The van der Waals surface area contributed by atoms with Crippen LogP contribution in [0.4, 0.5) is 13.2 Å². The van der Waals surface area contributed by atoms with E-state index in [2.05, 4.69) is 42.2 Å². The molecule has 1 unspecified atom stereocenters. The predicted octanol–water partition coefficient (Wildman–Crippen LogP) is 5.39. The molecule has 1 N–H and O–H groups in total. The fourth-order valence-corrected chi connectivity index (χ4v) is 3.59. The van der Waals surface area contributed by atoms with Gasteiger partial charge in [0.15, 0.2) is 5.01 Å². The van der Waals surface area contributed by atoms with Crippen molar-refractivity contribution in [1.29, 1.82) is 0 Å². The van der Waals surface area contributed by atoms with Crippen LogP contribution < -0.4 is 5.32 Å². The maximum absolute atomic E-state index is 12.7. The van der Waals surface area contributed by atoms with Gasteiger partial charge in [-0.15, -0.1) is 11.3 Å². The Bertz CT molecular complexity index is 628. The second-order valence-corrected chi connectivity index (χ2v) is 7.05. The van der Waals surface area contributed by atoms with Crippen molar-refractivity contribution < 1.29 is 13.2 Å². The molecule has 0 saturated carbocycles. The van der Waals surface area contributed by atoms with Crippen molar-refractivity contribution in [2.45, 2.75) is 19.1 Å². The first-order valence-electron chi connectivity index (χ1n) is 6.04. The lowest BCUT2D eigenvalue weighted by Gasteiger charge is -2.18. The van der Waals surface area contributed by atoms with Crippen LogP contribution in [0.1, 0.15) is 28.4 Å².